The van der Waals surface area contributed by atoms with Gasteiger partial charge >= 0.3 is 6.09 Å². The summed E-state index contributed by atoms with van der Waals surface area (Å²) in [6.07, 6.45) is 0.360. The van der Waals surface area contributed by atoms with Gasteiger partial charge in [0.15, 0.2) is 0 Å². The Hall–Kier alpha value is -3.72. The molecule has 2 unspecified atom stereocenters. The SMILES string of the molecule is CC(C)(C)OC(=O)N1Cc2ccccc2C1C(=O)NCc1ccc2c(c1)CN(C1CCC(=O)NC1=O)C2. The Kier molecular flexibility index (Phi) is 6.49. The summed E-state index contributed by atoms with van der Waals surface area (Å²) in [5, 5.41) is 5.43. The van der Waals surface area contributed by atoms with Gasteiger partial charge in [-0.1, -0.05) is 42.5 Å². The second kappa shape index (κ2) is 9.63. The zero-order chi connectivity index (χ0) is 26.3. The van der Waals surface area contributed by atoms with Crippen molar-refractivity contribution in [3.8, 4) is 0 Å². The number of piperidine rings is 1. The predicted octanol–water partition coefficient (Wildman–Crippen LogP) is 2.92. The van der Waals surface area contributed by atoms with Crippen LogP contribution in [0.5, 0.6) is 0 Å². The standard InChI is InChI=1S/C28H32N4O5/c1-28(2,3)37-27(36)32-16-19-6-4-5-7-21(19)24(32)26(35)29-13-17-8-9-18-14-31(15-20(18)12-17)22-10-11-23(33)30-25(22)34/h4-9,12,22,24H,10-11,13-16H2,1-3H3,(H,29,35)(H,30,33,34). The molecule has 2 aromatic rings. The lowest BCUT2D eigenvalue weighted by atomic mass is 10.0. The van der Waals surface area contributed by atoms with E-state index in [0.717, 1.165) is 27.8 Å². The third-order valence-electron chi connectivity index (χ3n) is 7.01. The first kappa shape index (κ1) is 25.0. The van der Waals surface area contributed by atoms with Crippen LogP contribution in [0.25, 0.3) is 0 Å². The van der Waals surface area contributed by atoms with Gasteiger partial charge in [0, 0.05) is 26.1 Å². The van der Waals surface area contributed by atoms with E-state index in [-0.39, 0.29) is 23.8 Å². The summed E-state index contributed by atoms with van der Waals surface area (Å²) in [6, 6.07) is 12.6. The van der Waals surface area contributed by atoms with E-state index < -0.39 is 17.7 Å². The molecule has 0 radical (unpaired) electrons. The highest BCUT2D eigenvalue weighted by molar-refractivity contribution is 6.00. The molecule has 0 spiro atoms. The minimum absolute atomic E-state index is 0.217. The van der Waals surface area contributed by atoms with Gasteiger partial charge in [-0.2, -0.15) is 0 Å². The highest BCUT2D eigenvalue weighted by Crippen LogP contribution is 2.35. The zero-order valence-corrected chi connectivity index (χ0v) is 21.4. The highest BCUT2D eigenvalue weighted by atomic mass is 16.6. The molecule has 5 rings (SSSR count). The van der Waals surface area contributed by atoms with Crippen molar-refractivity contribution < 1.29 is 23.9 Å². The van der Waals surface area contributed by atoms with E-state index in [1.165, 1.54) is 4.90 Å². The fourth-order valence-corrected chi connectivity index (χ4v) is 5.28. The molecule has 3 aliphatic heterocycles. The maximum absolute atomic E-state index is 13.4. The summed E-state index contributed by atoms with van der Waals surface area (Å²) in [5.41, 5.74) is 4.25. The van der Waals surface area contributed by atoms with Crippen molar-refractivity contribution in [2.75, 3.05) is 0 Å². The summed E-state index contributed by atoms with van der Waals surface area (Å²) in [4.78, 5) is 53.6. The van der Waals surface area contributed by atoms with Gasteiger partial charge in [0.1, 0.15) is 11.6 Å². The normalized spacial score (nSPS) is 21.3. The Morgan fingerprint density at radius 2 is 1.78 bits per heavy atom. The van der Waals surface area contributed by atoms with Crippen LogP contribution in [0.3, 0.4) is 0 Å². The van der Waals surface area contributed by atoms with Gasteiger partial charge in [-0.05, 0) is 55.0 Å². The monoisotopic (exact) mass is 504 g/mol. The lowest BCUT2D eigenvalue weighted by molar-refractivity contribution is -0.137. The lowest BCUT2D eigenvalue weighted by Crippen LogP contribution is -2.50. The molecule has 3 heterocycles. The number of hydrogen-bond donors (Lipinski definition) is 2. The van der Waals surface area contributed by atoms with Crippen molar-refractivity contribution in [2.45, 2.75) is 77.5 Å². The number of ether oxygens (including phenoxy) is 1. The van der Waals surface area contributed by atoms with Gasteiger partial charge in [0.2, 0.25) is 17.7 Å². The number of imide groups is 1. The summed E-state index contributed by atoms with van der Waals surface area (Å²) in [5.74, 6) is -0.712. The van der Waals surface area contributed by atoms with Gasteiger partial charge < -0.3 is 10.1 Å². The van der Waals surface area contributed by atoms with Crippen LogP contribution in [0.4, 0.5) is 4.79 Å². The molecule has 1 fully saturated rings. The van der Waals surface area contributed by atoms with Crippen molar-refractivity contribution in [3.05, 3.63) is 70.3 Å². The number of benzene rings is 2. The van der Waals surface area contributed by atoms with Crippen LogP contribution in [-0.4, -0.2) is 45.3 Å². The zero-order valence-electron chi connectivity index (χ0n) is 21.4. The minimum Gasteiger partial charge on any atom is -0.444 e. The fourth-order valence-electron chi connectivity index (χ4n) is 5.28. The second-order valence-electron chi connectivity index (χ2n) is 10.9. The molecule has 2 atom stereocenters. The van der Waals surface area contributed by atoms with Crippen molar-refractivity contribution >= 4 is 23.8 Å². The fraction of sp³-hybridized carbons (Fsp3) is 0.429. The molecule has 2 aromatic carbocycles. The average Bonchev–Trinajstić information content (AvgIpc) is 3.43. The second-order valence-corrected chi connectivity index (χ2v) is 10.9. The van der Waals surface area contributed by atoms with Crippen molar-refractivity contribution in [2.24, 2.45) is 0 Å². The van der Waals surface area contributed by atoms with Crippen LogP contribution < -0.4 is 10.6 Å². The number of nitrogens with zero attached hydrogens (tertiary/aromatic N) is 2. The molecule has 2 N–H and O–H groups in total. The van der Waals surface area contributed by atoms with Gasteiger partial charge in [0.25, 0.3) is 0 Å². The molecule has 37 heavy (non-hydrogen) atoms. The van der Waals surface area contributed by atoms with E-state index in [1.807, 2.05) is 36.4 Å². The van der Waals surface area contributed by atoms with Crippen LogP contribution in [0.2, 0.25) is 0 Å². The van der Waals surface area contributed by atoms with Crippen LogP contribution in [0.15, 0.2) is 42.5 Å². The van der Waals surface area contributed by atoms with Crippen molar-refractivity contribution in [3.63, 3.8) is 0 Å². The predicted molar refractivity (Wildman–Crippen MR) is 135 cm³/mol. The molecule has 194 valence electrons. The molecule has 9 heteroatoms. The third kappa shape index (κ3) is 5.22. The number of amides is 4. The molecule has 1 saturated heterocycles. The summed E-state index contributed by atoms with van der Waals surface area (Å²) in [6.45, 7) is 7.31. The number of rotatable bonds is 4. The quantitative estimate of drug-likeness (QED) is 0.620. The van der Waals surface area contributed by atoms with Gasteiger partial charge in [-0.25, -0.2) is 4.79 Å². The molecule has 0 aliphatic carbocycles. The number of fused-ring (bicyclic) bond motifs is 2. The molecule has 3 aliphatic rings. The largest absolute Gasteiger partial charge is 0.444 e. The molecule has 0 bridgehead atoms. The number of carbonyl (C=O) groups is 4. The van der Waals surface area contributed by atoms with Gasteiger partial charge in [-0.15, -0.1) is 0 Å². The number of hydrogen-bond acceptors (Lipinski definition) is 6. The van der Waals surface area contributed by atoms with E-state index >= 15 is 0 Å². The van der Waals surface area contributed by atoms with Crippen LogP contribution in [-0.2, 0) is 45.3 Å². The Balaban J connectivity index is 1.26. The Labute approximate surface area is 216 Å². The van der Waals surface area contributed by atoms with Crippen molar-refractivity contribution in [1.82, 2.24) is 20.4 Å². The lowest BCUT2D eigenvalue weighted by Gasteiger charge is -2.29. The summed E-state index contributed by atoms with van der Waals surface area (Å²) in [7, 11) is 0. The molecule has 0 aromatic heterocycles. The van der Waals surface area contributed by atoms with Crippen LogP contribution in [0, 0.1) is 0 Å². The smallest absolute Gasteiger partial charge is 0.411 e. The topological polar surface area (TPSA) is 108 Å². The minimum atomic E-state index is -0.761. The molecule has 0 saturated carbocycles. The summed E-state index contributed by atoms with van der Waals surface area (Å²) >= 11 is 0. The maximum atomic E-state index is 13.4. The van der Waals surface area contributed by atoms with E-state index in [2.05, 4.69) is 21.6 Å². The van der Waals surface area contributed by atoms with Crippen LogP contribution in [0.1, 0.15) is 67.5 Å². The first-order valence-corrected chi connectivity index (χ1v) is 12.6. The van der Waals surface area contributed by atoms with E-state index in [9.17, 15) is 19.2 Å². The highest BCUT2D eigenvalue weighted by Gasteiger charge is 2.40. The first-order chi connectivity index (χ1) is 17.6. The number of nitrogens with one attached hydrogen (secondary N) is 2. The molecular weight excluding hydrogens is 472 g/mol. The Morgan fingerprint density at radius 3 is 2.54 bits per heavy atom. The van der Waals surface area contributed by atoms with Gasteiger partial charge in [-0.3, -0.25) is 29.5 Å². The number of carbonyl (C=O) groups excluding carboxylic acids is 4. The molecule has 9 nitrogen and oxygen atoms in total. The van der Waals surface area contributed by atoms with Crippen LogP contribution >= 0.6 is 0 Å². The van der Waals surface area contributed by atoms with Crippen molar-refractivity contribution in [1.29, 1.82) is 0 Å². The summed E-state index contributed by atoms with van der Waals surface area (Å²) < 4.78 is 5.58. The maximum Gasteiger partial charge on any atom is 0.411 e. The first-order valence-electron chi connectivity index (χ1n) is 12.6. The Bertz CT molecular complexity index is 1270. The third-order valence-corrected chi connectivity index (χ3v) is 7.01. The van der Waals surface area contributed by atoms with Gasteiger partial charge in [0.05, 0.1) is 12.6 Å². The average molecular weight is 505 g/mol. The molecule has 4 amide bonds. The Morgan fingerprint density at radius 1 is 1.03 bits per heavy atom. The van der Waals surface area contributed by atoms with E-state index in [4.69, 9.17) is 4.74 Å². The van der Waals surface area contributed by atoms with E-state index in [1.54, 1.807) is 20.8 Å². The van der Waals surface area contributed by atoms with E-state index in [0.29, 0.717) is 39.0 Å². The molecular formula is C28H32N4O5.